The van der Waals surface area contributed by atoms with Gasteiger partial charge in [-0.05, 0) is 13.0 Å². The number of amides is 1. The van der Waals surface area contributed by atoms with Crippen molar-refractivity contribution in [1.82, 2.24) is 4.98 Å². The Hall–Kier alpha value is -2.64. The molecular formula is C13H9F4N3O. The lowest BCUT2D eigenvalue weighted by molar-refractivity contribution is 0.102. The summed E-state index contributed by atoms with van der Waals surface area (Å²) in [5, 5.41) is 1.75. The molecule has 0 saturated heterocycles. The number of halogens is 4. The summed E-state index contributed by atoms with van der Waals surface area (Å²) >= 11 is 0. The van der Waals surface area contributed by atoms with Crippen LogP contribution in [0.3, 0.4) is 0 Å². The van der Waals surface area contributed by atoms with Gasteiger partial charge in [-0.15, -0.1) is 0 Å². The first-order valence-corrected chi connectivity index (χ1v) is 5.67. The number of anilines is 2. The SMILES string of the molecule is Cc1cc(N)c(C(=O)Nc2c(F)c(F)cc(F)c2F)cn1. The largest absolute Gasteiger partial charge is 0.398 e. The van der Waals surface area contributed by atoms with Crippen molar-refractivity contribution in [3.63, 3.8) is 0 Å². The minimum absolute atomic E-state index is 0.0118. The molecule has 0 aliphatic heterocycles. The van der Waals surface area contributed by atoms with E-state index in [1.807, 2.05) is 0 Å². The predicted octanol–water partition coefficient (Wildman–Crippen LogP) is 2.78. The summed E-state index contributed by atoms with van der Waals surface area (Å²) in [5.74, 6) is -7.71. The second-order valence-corrected chi connectivity index (χ2v) is 4.21. The summed E-state index contributed by atoms with van der Waals surface area (Å²) in [5.41, 5.74) is 4.71. The average molecular weight is 299 g/mol. The minimum atomic E-state index is -1.71. The maximum absolute atomic E-state index is 13.4. The second-order valence-electron chi connectivity index (χ2n) is 4.21. The number of nitrogens with zero attached hydrogens (tertiary/aromatic N) is 1. The number of carbonyl (C=O) groups is 1. The smallest absolute Gasteiger partial charge is 0.259 e. The molecule has 4 nitrogen and oxygen atoms in total. The van der Waals surface area contributed by atoms with Gasteiger partial charge in [-0.25, -0.2) is 17.6 Å². The molecule has 1 aromatic carbocycles. The van der Waals surface area contributed by atoms with Crippen molar-refractivity contribution in [1.29, 1.82) is 0 Å². The molecule has 0 unspecified atom stereocenters. The van der Waals surface area contributed by atoms with Gasteiger partial charge in [0.25, 0.3) is 5.91 Å². The van der Waals surface area contributed by atoms with Crippen molar-refractivity contribution in [3.05, 3.63) is 52.9 Å². The van der Waals surface area contributed by atoms with Gasteiger partial charge in [-0.2, -0.15) is 0 Å². The van der Waals surface area contributed by atoms with Gasteiger partial charge in [0.1, 0.15) is 5.69 Å². The van der Waals surface area contributed by atoms with E-state index in [4.69, 9.17) is 5.73 Å². The Morgan fingerprint density at radius 1 is 1.14 bits per heavy atom. The third-order valence-corrected chi connectivity index (χ3v) is 2.67. The lowest BCUT2D eigenvalue weighted by Gasteiger charge is -2.10. The van der Waals surface area contributed by atoms with Gasteiger partial charge in [0.15, 0.2) is 23.3 Å². The highest BCUT2D eigenvalue weighted by Gasteiger charge is 2.22. The Balaban J connectivity index is 2.41. The molecular weight excluding hydrogens is 290 g/mol. The highest BCUT2D eigenvalue weighted by Crippen LogP contribution is 2.25. The van der Waals surface area contributed by atoms with Gasteiger partial charge in [0.05, 0.1) is 5.56 Å². The summed E-state index contributed by atoms with van der Waals surface area (Å²) in [6, 6.07) is 1.41. The van der Waals surface area contributed by atoms with E-state index < -0.39 is 34.9 Å². The van der Waals surface area contributed by atoms with Crippen LogP contribution in [0.4, 0.5) is 28.9 Å². The Morgan fingerprint density at radius 3 is 2.24 bits per heavy atom. The monoisotopic (exact) mass is 299 g/mol. The number of carbonyl (C=O) groups excluding carboxylic acids is 1. The van der Waals surface area contributed by atoms with E-state index in [0.29, 0.717) is 5.69 Å². The average Bonchev–Trinajstić information content (AvgIpc) is 2.41. The fourth-order valence-electron chi connectivity index (χ4n) is 1.63. The fourth-order valence-corrected chi connectivity index (χ4v) is 1.63. The minimum Gasteiger partial charge on any atom is -0.398 e. The number of benzene rings is 1. The summed E-state index contributed by atoms with van der Waals surface area (Å²) in [6.07, 6.45) is 1.09. The second kappa shape index (κ2) is 5.39. The number of pyridine rings is 1. The van der Waals surface area contributed by atoms with E-state index >= 15 is 0 Å². The highest BCUT2D eigenvalue weighted by atomic mass is 19.2. The lowest BCUT2D eigenvalue weighted by atomic mass is 10.2. The number of aromatic nitrogens is 1. The van der Waals surface area contributed by atoms with Crippen LogP contribution in [0.1, 0.15) is 16.1 Å². The van der Waals surface area contributed by atoms with Crippen molar-refractivity contribution < 1.29 is 22.4 Å². The number of rotatable bonds is 2. The molecule has 0 aliphatic rings. The van der Waals surface area contributed by atoms with Gasteiger partial charge in [0.2, 0.25) is 0 Å². The van der Waals surface area contributed by atoms with Crippen LogP contribution < -0.4 is 11.1 Å². The van der Waals surface area contributed by atoms with E-state index in [1.165, 1.54) is 6.07 Å². The van der Waals surface area contributed by atoms with Crippen molar-refractivity contribution >= 4 is 17.3 Å². The molecule has 110 valence electrons. The molecule has 2 rings (SSSR count). The topological polar surface area (TPSA) is 68.0 Å². The number of hydrogen-bond acceptors (Lipinski definition) is 3. The zero-order valence-electron chi connectivity index (χ0n) is 10.7. The first-order chi connectivity index (χ1) is 9.81. The van der Waals surface area contributed by atoms with Crippen molar-refractivity contribution in [2.24, 2.45) is 0 Å². The lowest BCUT2D eigenvalue weighted by Crippen LogP contribution is -2.17. The molecule has 8 heteroatoms. The van der Waals surface area contributed by atoms with E-state index in [2.05, 4.69) is 4.98 Å². The number of aryl methyl sites for hydroxylation is 1. The van der Waals surface area contributed by atoms with E-state index in [9.17, 15) is 22.4 Å². The van der Waals surface area contributed by atoms with Crippen LogP contribution in [-0.4, -0.2) is 10.9 Å². The van der Waals surface area contributed by atoms with Gasteiger partial charge >= 0.3 is 0 Å². The quantitative estimate of drug-likeness (QED) is 0.662. The molecule has 0 aliphatic carbocycles. The summed E-state index contributed by atoms with van der Waals surface area (Å²) in [4.78, 5) is 15.7. The summed E-state index contributed by atoms with van der Waals surface area (Å²) in [6.45, 7) is 1.62. The molecule has 21 heavy (non-hydrogen) atoms. The first kappa shape index (κ1) is 14.8. The molecule has 0 saturated carbocycles. The van der Waals surface area contributed by atoms with Crippen molar-refractivity contribution in [3.8, 4) is 0 Å². The van der Waals surface area contributed by atoms with Gasteiger partial charge in [-0.1, -0.05) is 0 Å². The summed E-state index contributed by atoms with van der Waals surface area (Å²) < 4.78 is 53.0. The van der Waals surface area contributed by atoms with E-state index in [0.717, 1.165) is 6.20 Å². The molecule has 3 N–H and O–H groups in total. The third-order valence-electron chi connectivity index (χ3n) is 2.67. The fraction of sp³-hybridized carbons (Fsp3) is 0.0769. The van der Waals surface area contributed by atoms with Crippen LogP contribution in [-0.2, 0) is 0 Å². The Kier molecular flexibility index (Phi) is 3.79. The molecule has 0 fully saturated rings. The standard InChI is InChI=1S/C13H9F4N3O/c1-5-2-9(18)6(4-19-5)13(21)20-12-10(16)7(14)3-8(15)11(12)17/h2-4H,1H3,(H2,18,19)(H,20,21). The molecule has 0 spiro atoms. The van der Waals surface area contributed by atoms with Crippen LogP contribution in [0.5, 0.6) is 0 Å². The zero-order chi connectivity index (χ0) is 15.7. The van der Waals surface area contributed by atoms with Crippen LogP contribution in [0.25, 0.3) is 0 Å². The molecule has 0 radical (unpaired) electrons. The van der Waals surface area contributed by atoms with E-state index in [1.54, 1.807) is 12.2 Å². The summed E-state index contributed by atoms with van der Waals surface area (Å²) in [7, 11) is 0. The highest BCUT2D eigenvalue weighted by molar-refractivity contribution is 6.07. The van der Waals surface area contributed by atoms with Gasteiger partial charge in [-0.3, -0.25) is 9.78 Å². The molecule has 0 bridgehead atoms. The maximum atomic E-state index is 13.4. The van der Waals surface area contributed by atoms with Crippen LogP contribution in [0, 0.1) is 30.2 Å². The Labute approximate surface area is 116 Å². The Morgan fingerprint density at radius 2 is 1.71 bits per heavy atom. The first-order valence-electron chi connectivity index (χ1n) is 5.67. The molecule has 1 aromatic heterocycles. The van der Waals surface area contributed by atoms with Crippen LogP contribution in [0.15, 0.2) is 18.3 Å². The normalized spacial score (nSPS) is 10.5. The van der Waals surface area contributed by atoms with Gasteiger partial charge < -0.3 is 11.1 Å². The van der Waals surface area contributed by atoms with Crippen molar-refractivity contribution in [2.45, 2.75) is 6.92 Å². The predicted molar refractivity (Wildman–Crippen MR) is 67.6 cm³/mol. The van der Waals surface area contributed by atoms with E-state index in [-0.39, 0.29) is 17.3 Å². The maximum Gasteiger partial charge on any atom is 0.259 e. The molecule has 1 amide bonds. The number of nitrogens with one attached hydrogen (secondary N) is 1. The zero-order valence-corrected chi connectivity index (χ0v) is 10.7. The Bertz CT molecular complexity index is 708. The molecule has 0 atom stereocenters. The third kappa shape index (κ3) is 2.78. The number of nitrogen functional groups attached to an aromatic ring is 1. The van der Waals surface area contributed by atoms with Gasteiger partial charge in [0, 0.05) is 23.6 Å². The number of hydrogen-bond donors (Lipinski definition) is 2. The van der Waals surface area contributed by atoms with Crippen LogP contribution in [0.2, 0.25) is 0 Å². The van der Waals surface area contributed by atoms with Crippen molar-refractivity contribution in [2.75, 3.05) is 11.1 Å². The molecule has 2 aromatic rings. The van der Waals surface area contributed by atoms with Crippen LogP contribution >= 0.6 is 0 Å². The number of nitrogens with two attached hydrogens (primary N) is 1. The molecule has 1 heterocycles.